The minimum Gasteiger partial charge on any atom is -0.427 e. The van der Waals surface area contributed by atoms with Crippen molar-refractivity contribution in [2.75, 3.05) is 30.7 Å². The summed E-state index contributed by atoms with van der Waals surface area (Å²) in [6, 6.07) is 4.36. The maximum atomic E-state index is 13.5. The van der Waals surface area contributed by atoms with Crippen molar-refractivity contribution in [3.63, 3.8) is 0 Å². The van der Waals surface area contributed by atoms with Crippen LogP contribution in [0, 0.1) is 18.8 Å². The zero-order valence-electron chi connectivity index (χ0n) is 25.4. The van der Waals surface area contributed by atoms with E-state index in [2.05, 4.69) is 26.6 Å². The maximum absolute atomic E-state index is 13.5. The van der Waals surface area contributed by atoms with Crippen molar-refractivity contribution >= 4 is 35.4 Å². The van der Waals surface area contributed by atoms with Gasteiger partial charge in [0.15, 0.2) is 5.84 Å². The molecule has 2 atom stereocenters. The maximum Gasteiger partial charge on any atom is 0.419 e. The van der Waals surface area contributed by atoms with E-state index in [-0.39, 0.29) is 36.9 Å². The number of carbonyl (C=O) groups is 4. The first kappa shape index (κ1) is 32.1. The van der Waals surface area contributed by atoms with E-state index >= 15 is 0 Å². The Kier molecular flexibility index (Phi) is 10.3. The molecule has 44 heavy (non-hydrogen) atoms. The van der Waals surface area contributed by atoms with Crippen molar-refractivity contribution in [1.82, 2.24) is 20.2 Å². The number of esters is 1. The number of aryl methyl sites for hydroxylation is 1. The Balaban J connectivity index is 1.49. The molecule has 0 saturated heterocycles. The molecule has 2 heterocycles. The summed E-state index contributed by atoms with van der Waals surface area (Å²) in [5.74, 6) is -0.969. The van der Waals surface area contributed by atoms with Crippen molar-refractivity contribution in [1.29, 1.82) is 0 Å². The zero-order valence-corrected chi connectivity index (χ0v) is 25.4. The van der Waals surface area contributed by atoms with E-state index in [1.54, 1.807) is 36.0 Å². The number of anilines is 1. The fraction of sp³-hybridized carbons (Fsp3) is 0.483. The third kappa shape index (κ3) is 7.58. The van der Waals surface area contributed by atoms with E-state index < -0.39 is 30.8 Å². The topological polar surface area (TPSA) is 185 Å². The van der Waals surface area contributed by atoms with Gasteiger partial charge in [-0.1, -0.05) is 18.2 Å². The number of aliphatic imine (C=N–C) groups is 1. The Morgan fingerprint density at radius 2 is 1.95 bits per heavy atom. The SMILES string of the molecule is CCCN(C(=O)OCOC(=O)C(C)NCN=O)C(=O)c1ccc(C)c(NC2=NC(C)Nn3cc(C(=O)NC4CC4)c(C)c32)c1. The van der Waals surface area contributed by atoms with Gasteiger partial charge in [0.1, 0.15) is 24.6 Å². The predicted molar refractivity (Wildman–Crippen MR) is 162 cm³/mol. The standard InChI is InChI=1S/C29H38N8O7/c1-6-11-36(29(41)44-15-43-28(40)18(4)30-14-31-42)27(39)20-8-7-16(2)23(12-20)34-25-24-17(3)22(26(38)33-21-9-10-21)13-37(24)35-19(5)32-25/h7-8,12-13,18-19,21,30,35H,6,9-11,14-15H2,1-5H3,(H,32,34)(H,33,38). The summed E-state index contributed by atoms with van der Waals surface area (Å²) in [5, 5.41) is 11.5. The van der Waals surface area contributed by atoms with Crippen LogP contribution >= 0.6 is 0 Å². The van der Waals surface area contributed by atoms with Crippen LogP contribution in [-0.4, -0.2) is 77.5 Å². The molecule has 2 unspecified atom stereocenters. The number of nitroso groups, excluding NO2 is 1. The zero-order chi connectivity index (χ0) is 32.0. The average molecular weight is 611 g/mol. The smallest absolute Gasteiger partial charge is 0.419 e. The summed E-state index contributed by atoms with van der Waals surface area (Å²) in [6.07, 6.45) is 2.91. The molecule has 2 aliphatic rings. The number of amidine groups is 1. The molecule has 1 aromatic heterocycles. The van der Waals surface area contributed by atoms with Gasteiger partial charge in [0, 0.05) is 30.0 Å². The number of hydrogen-bond donors (Lipinski definition) is 4. The second-order valence-corrected chi connectivity index (χ2v) is 10.7. The molecular formula is C29H38N8O7. The second-order valence-electron chi connectivity index (χ2n) is 10.7. The van der Waals surface area contributed by atoms with E-state index in [9.17, 15) is 24.1 Å². The minimum absolute atomic E-state index is 0.0690. The quantitative estimate of drug-likeness (QED) is 0.158. The van der Waals surface area contributed by atoms with Gasteiger partial charge in [-0.2, -0.15) is 0 Å². The molecule has 1 aliphatic heterocycles. The number of hydrogen-bond acceptors (Lipinski definition) is 12. The number of imide groups is 1. The molecule has 15 heteroatoms. The third-order valence-electron chi connectivity index (χ3n) is 7.14. The van der Waals surface area contributed by atoms with Gasteiger partial charge in [-0.15, -0.1) is 4.91 Å². The highest BCUT2D eigenvalue weighted by Crippen LogP contribution is 2.26. The van der Waals surface area contributed by atoms with Crippen molar-refractivity contribution in [2.45, 2.75) is 72.1 Å². The summed E-state index contributed by atoms with van der Waals surface area (Å²) >= 11 is 0. The molecule has 15 nitrogen and oxygen atoms in total. The molecular weight excluding hydrogens is 572 g/mol. The normalized spacial score (nSPS) is 16.0. The molecule has 236 valence electrons. The van der Waals surface area contributed by atoms with Gasteiger partial charge < -0.3 is 25.5 Å². The number of nitrogens with one attached hydrogen (secondary N) is 4. The number of amides is 3. The second kappa shape index (κ2) is 14.1. The number of carbonyl (C=O) groups excluding carboxylic acids is 4. The molecule has 2 aromatic rings. The average Bonchev–Trinajstić information content (AvgIpc) is 3.74. The van der Waals surface area contributed by atoms with Crippen LogP contribution in [-0.2, 0) is 14.3 Å². The predicted octanol–water partition coefficient (Wildman–Crippen LogP) is 2.95. The van der Waals surface area contributed by atoms with E-state index in [4.69, 9.17) is 14.5 Å². The van der Waals surface area contributed by atoms with Gasteiger partial charge in [0.05, 0.1) is 5.56 Å². The van der Waals surface area contributed by atoms with E-state index in [0.29, 0.717) is 29.2 Å². The van der Waals surface area contributed by atoms with Gasteiger partial charge in [-0.3, -0.25) is 24.4 Å². The Bertz CT molecular complexity index is 1470. The first-order valence-electron chi connectivity index (χ1n) is 14.5. The van der Waals surface area contributed by atoms with Crippen LogP contribution in [0.3, 0.4) is 0 Å². The number of aromatic nitrogens is 1. The monoisotopic (exact) mass is 610 g/mol. The number of fused-ring (bicyclic) bond motifs is 1. The van der Waals surface area contributed by atoms with Crippen molar-refractivity contribution in [3.8, 4) is 0 Å². The summed E-state index contributed by atoms with van der Waals surface area (Å²) < 4.78 is 11.7. The van der Waals surface area contributed by atoms with Gasteiger partial charge in [-0.05, 0) is 70.2 Å². The highest BCUT2D eigenvalue weighted by atomic mass is 16.7. The van der Waals surface area contributed by atoms with Gasteiger partial charge in [-0.25, -0.2) is 14.7 Å². The Morgan fingerprint density at radius 3 is 2.64 bits per heavy atom. The molecule has 4 rings (SSSR count). The lowest BCUT2D eigenvalue weighted by molar-refractivity contribution is -0.154. The van der Waals surface area contributed by atoms with Gasteiger partial charge in [0.25, 0.3) is 11.8 Å². The summed E-state index contributed by atoms with van der Waals surface area (Å²) in [6.45, 7) is 7.95. The van der Waals surface area contributed by atoms with Crippen molar-refractivity contribution < 1.29 is 28.7 Å². The lowest BCUT2D eigenvalue weighted by atomic mass is 10.1. The Morgan fingerprint density at radius 1 is 1.20 bits per heavy atom. The Hall–Kier alpha value is -4.79. The lowest BCUT2D eigenvalue weighted by Gasteiger charge is -2.25. The number of ether oxygens (including phenoxy) is 2. The molecule has 0 bridgehead atoms. The Labute approximate surface area is 254 Å². The van der Waals surface area contributed by atoms with E-state index in [1.807, 2.05) is 20.8 Å². The molecule has 1 saturated carbocycles. The fourth-order valence-corrected chi connectivity index (χ4v) is 4.56. The lowest BCUT2D eigenvalue weighted by Crippen LogP contribution is -2.39. The highest BCUT2D eigenvalue weighted by molar-refractivity contribution is 6.12. The molecule has 1 aromatic carbocycles. The van der Waals surface area contributed by atoms with Crippen LogP contribution < -0.4 is 21.4 Å². The third-order valence-corrected chi connectivity index (χ3v) is 7.14. The first-order valence-corrected chi connectivity index (χ1v) is 14.5. The van der Waals surface area contributed by atoms with Crippen LogP contribution in [0.1, 0.15) is 77.6 Å². The van der Waals surface area contributed by atoms with Gasteiger partial charge in [0.2, 0.25) is 6.79 Å². The summed E-state index contributed by atoms with van der Waals surface area (Å²) in [4.78, 5) is 67.0. The number of benzene rings is 1. The number of nitrogens with zero attached hydrogens (tertiary/aromatic N) is 4. The number of rotatable bonds is 12. The highest BCUT2D eigenvalue weighted by Gasteiger charge is 2.30. The van der Waals surface area contributed by atoms with Crippen LogP contribution in [0.2, 0.25) is 0 Å². The largest absolute Gasteiger partial charge is 0.427 e. The summed E-state index contributed by atoms with van der Waals surface area (Å²) in [5.41, 5.74) is 6.85. The molecule has 0 radical (unpaired) electrons. The van der Waals surface area contributed by atoms with Crippen molar-refractivity contribution in [2.24, 2.45) is 10.2 Å². The van der Waals surface area contributed by atoms with Crippen LogP contribution in [0.5, 0.6) is 0 Å². The fourth-order valence-electron chi connectivity index (χ4n) is 4.56. The molecule has 1 aliphatic carbocycles. The molecule has 3 amide bonds. The van der Waals surface area contributed by atoms with Crippen LogP contribution in [0.4, 0.5) is 10.5 Å². The summed E-state index contributed by atoms with van der Waals surface area (Å²) in [7, 11) is 0. The van der Waals surface area contributed by atoms with E-state index in [0.717, 1.165) is 28.9 Å². The van der Waals surface area contributed by atoms with Crippen LogP contribution in [0.15, 0.2) is 34.6 Å². The van der Waals surface area contributed by atoms with Gasteiger partial charge >= 0.3 is 12.1 Å². The molecule has 1 fully saturated rings. The molecule has 0 spiro atoms. The molecule has 4 N–H and O–H groups in total. The minimum atomic E-state index is -0.975. The van der Waals surface area contributed by atoms with Crippen molar-refractivity contribution in [3.05, 3.63) is 57.3 Å². The first-order chi connectivity index (χ1) is 21.0. The van der Waals surface area contributed by atoms with Crippen LogP contribution in [0.25, 0.3) is 0 Å². The van der Waals surface area contributed by atoms with E-state index in [1.165, 1.54) is 6.92 Å².